The third-order valence-electron chi connectivity index (χ3n) is 0.968. The van der Waals surface area contributed by atoms with Crippen molar-refractivity contribution in [3.63, 3.8) is 0 Å². The van der Waals surface area contributed by atoms with Gasteiger partial charge in [-0.1, -0.05) is 0 Å². The van der Waals surface area contributed by atoms with Crippen LogP contribution >= 0.6 is 23.5 Å². The van der Waals surface area contributed by atoms with Crippen molar-refractivity contribution in [3.05, 3.63) is 0 Å². The van der Waals surface area contributed by atoms with Crippen LogP contribution in [-0.2, 0) is 9.53 Å². The fourth-order valence-electron chi connectivity index (χ4n) is 0.472. The minimum atomic E-state index is -0.475. The lowest BCUT2D eigenvalue weighted by molar-refractivity contribution is -0.142. The Kier molecular flexibility index (Phi) is 6.90. The summed E-state index contributed by atoms with van der Waals surface area (Å²) in [7, 11) is 0. The van der Waals surface area contributed by atoms with E-state index in [2.05, 4.69) is 0 Å². The van der Waals surface area contributed by atoms with Crippen molar-refractivity contribution in [2.24, 2.45) is 5.73 Å². The summed E-state index contributed by atoms with van der Waals surface area (Å²) in [5.74, 6) is 0.697. The van der Waals surface area contributed by atoms with Gasteiger partial charge in [-0.2, -0.15) is 11.8 Å². The molecule has 0 heterocycles. The number of esters is 1. The van der Waals surface area contributed by atoms with Crippen LogP contribution in [0.25, 0.3) is 0 Å². The minimum Gasteiger partial charge on any atom is -0.453 e. The summed E-state index contributed by atoms with van der Waals surface area (Å²) in [5, 5.41) is 0. The summed E-state index contributed by atoms with van der Waals surface area (Å²) in [6.07, 6.45) is 3.77. The van der Waals surface area contributed by atoms with Crippen LogP contribution in [0.1, 0.15) is 0 Å². The van der Waals surface area contributed by atoms with Gasteiger partial charge < -0.3 is 10.5 Å². The average Bonchev–Trinajstić information content (AvgIpc) is 2.00. The monoisotopic (exact) mass is 195 g/mol. The highest BCUT2D eigenvalue weighted by atomic mass is 32.2. The van der Waals surface area contributed by atoms with E-state index in [-0.39, 0.29) is 5.97 Å². The first-order chi connectivity index (χ1) is 5.22. The molecule has 0 aromatic carbocycles. The second kappa shape index (κ2) is 6.82. The van der Waals surface area contributed by atoms with E-state index in [0.29, 0.717) is 11.7 Å². The quantitative estimate of drug-likeness (QED) is 0.512. The van der Waals surface area contributed by atoms with Gasteiger partial charge in [-0.05, 0) is 12.5 Å². The first kappa shape index (κ1) is 11.1. The first-order valence-corrected chi connectivity index (χ1v) is 5.91. The summed E-state index contributed by atoms with van der Waals surface area (Å²) in [6.45, 7) is 0. The first-order valence-electron chi connectivity index (χ1n) is 3.12. The number of hydrogen-bond donors (Lipinski definition) is 1. The number of nitrogens with two attached hydrogens (primary N) is 1. The van der Waals surface area contributed by atoms with Crippen LogP contribution in [0.2, 0.25) is 0 Å². The Balaban J connectivity index is 3.47. The molecule has 0 rings (SSSR count). The molecule has 0 aliphatic rings. The lowest BCUT2D eigenvalue weighted by Crippen LogP contribution is -2.34. The van der Waals surface area contributed by atoms with E-state index in [1.807, 2.05) is 12.5 Å². The van der Waals surface area contributed by atoms with Crippen molar-refractivity contribution in [2.45, 2.75) is 6.04 Å². The molecule has 0 spiro atoms. The van der Waals surface area contributed by atoms with Crippen LogP contribution in [0.15, 0.2) is 0 Å². The van der Waals surface area contributed by atoms with Crippen LogP contribution in [0.4, 0.5) is 0 Å². The molecule has 1 atom stereocenters. The molecule has 66 valence electrons. The normalized spacial score (nSPS) is 12.6. The Morgan fingerprint density at radius 1 is 1.55 bits per heavy atom. The highest BCUT2D eigenvalue weighted by Gasteiger charge is 2.12. The van der Waals surface area contributed by atoms with Crippen LogP contribution < -0.4 is 5.73 Å². The smallest absolute Gasteiger partial charge is 0.324 e. The second-order valence-corrected chi connectivity index (χ2v) is 3.66. The van der Waals surface area contributed by atoms with Gasteiger partial charge in [0, 0.05) is 5.75 Å². The van der Waals surface area contributed by atoms with Gasteiger partial charge in [0.1, 0.15) is 12.0 Å². The predicted octanol–water partition coefficient (Wildman–Crippen LogP) is 0.540. The van der Waals surface area contributed by atoms with Gasteiger partial charge >= 0.3 is 5.97 Å². The van der Waals surface area contributed by atoms with Crippen molar-refractivity contribution in [1.29, 1.82) is 0 Å². The number of carbonyl (C=O) groups excluding carboxylic acids is 1. The predicted molar refractivity (Wildman–Crippen MR) is 50.8 cm³/mol. The Labute approximate surface area is 75.4 Å². The fourth-order valence-corrected chi connectivity index (χ4v) is 1.20. The van der Waals surface area contributed by atoms with Crippen molar-refractivity contribution < 1.29 is 9.53 Å². The van der Waals surface area contributed by atoms with Crippen molar-refractivity contribution in [1.82, 2.24) is 0 Å². The lowest BCUT2D eigenvalue weighted by Gasteiger charge is -2.08. The molecule has 0 fully saturated rings. The molecule has 5 heteroatoms. The molecular formula is C6H13NO2S2. The summed E-state index contributed by atoms with van der Waals surface area (Å²) in [5.41, 5.74) is 5.46. The van der Waals surface area contributed by atoms with E-state index in [9.17, 15) is 4.79 Å². The number of thioether (sulfide) groups is 2. The zero-order valence-electron chi connectivity index (χ0n) is 6.70. The maximum atomic E-state index is 10.9. The Morgan fingerprint density at radius 3 is 2.64 bits per heavy atom. The lowest BCUT2D eigenvalue weighted by atomic mass is 10.4. The molecular weight excluding hydrogens is 182 g/mol. The second-order valence-electron chi connectivity index (χ2n) is 1.93. The van der Waals surface area contributed by atoms with Gasteiger partial charge in [0.05, 0.1) is 0 Å². The van der Waals surface area contributed by atoms with Gasteiger partial charge in [0.25, 0.3) is 0 Å². The summed E-state index contributed by atoms with van der Waals surface area (Å²) in [4.78, 5) is 10.9. The molecule has 0 unspecified atom stereocenters. The number of carbonyl (C=O) groups is 1. The standard InChI is InChI=1S/C6H13NO2S2/c1-10-3-5(7)6(8)9-4-11-2/h5H,3-4,7H2,1-2H3/t5-/m0/s1. The SMILES string of the molecule is CSCOC(=O)[C@@H](N)CSC. The largest absolute Gasteiger partial charge is 0.453 e. The minimum absolute atomic E-state index is 0.311. The Bertz CT molecular complexity index is 121. The highest BCUT2D eigenvalue weighted by molar-refractivity contribution is 7.98. The maximum Gasteiger partial charge on any atom is 0.324 e. The van der Waals surface area contributed by atoms with Gasteiger partial charge in [0.2, 0.25) is 0 Å². The van der Waals surface area contributed by atoms with Gasteiger partial charge in [-0.3, -0.25) is 4.79 Å². The fraction of sp³-hybridized carbons (Fsp3) is 0.833. The van der Waals surface area contributed by atoms with E-state index in [1.54, 1.807) is 0 Å². The van der Waals surface area contributed by atoms with E-state index >= 15 is 0 Å². The molecule has 0 amide bonds. The van der Waals surface area contributed by atoms with E-state index in [0.717, 1.165) is 0 Å². The molecule has 0 aromatic rings. The molecule has 0 aromatic heterocycles. The van der Waals surface area contributed by atoms with Crippen LogP contribution in [0.3, 0.4) is 0 Å². The number of ether oxygens (including phenoxy) is 1. The molecule has 2 N–H and O–H groups in total. The van der Waals surface area contributed by atoms with Crippen molar-refractivity contribution in [3.8, 4) is 0 Å². The Hall–Kier alpha value is 0.130. The molecule has 0 radical (unpaired) electrons. The summed E-state index contributed by atoms with van der Waals surface area (Å²) >= 11 is 3.00. The molecule has 0 saturated heterocycles. The van der Waals surface area contributed by atoms with E-state index in [1.165, 1.54) is 23.5 Å². The Morgan fingerprint density at radius 2 is 2.18 bits per heavy atom. The molecule has 0 aliphatic heterocycles. The van der Waals surface area contributed by atoms with E-state index in [4.69, 9.17) is 10.5 Å². The molecule has 0 aliphatic carbocycles. The zero-order valence-corrected chi connectivity index (χ0v) is 8.33. The molecule has 3 nitrogen and oxygen atoms in total. The number of rotatable bonds is 5. The van der Waals surface area contributed by atoms with Crippen molar-refractivity contribution >= 4 is 29.5 Å². The van der Waals surface area contributed by atoms with Crippen molar-refractivity contribution in [2.75, 3.05) is 24.2 Å². The van der Waals surface area contributed by atoms with Gasteiger partial charge in [-0.15, -0.1) is 11.8 Å². The average molecular weight is 195 g/mol. The number of hydrogen-bond acceptors (Lipinski definition) is 5. The van der Waals surface area contributed by atoms with Gasteiger partial charge in [0.15, 0.2) is 0 Å². The molecule has 0 saturated carbocycles. The van der Waals surface area contributed by atoms with Crippen LogP contribution in [0, 0.1) is 0 Å². The topological polar surface area (TPSA) is 52.3 Å². The highest BCUT2D eigenvalue weighted by Crippen LogP contribution is 1.99. The van der Waals surface area contributed by atoms with E-state index < -0.39 is 6.04 Å². The van der Waals surface area contributed by atoms with Crippen LogP contribution in [-0.4, -0.2) is 36.2 Å². The summed E-state index contributed by atoms with van der Waals surface area (Å²) < 4.78 is 4.79. The molecule has 11 heavy (non-hydrogen) atoms. The third-order valence-corrected chi connectivity index (χ3v) is 2.01. The zero-order chi connectivity index (χ0) is 8.69. The van der Waals surface area contributed by atoms with Gasteiger partial charge in [-0.25, -0.2) is 0 Å². The maximum absolute atomic E-state index is 10.9. The third kappa shape index (κ3) is 5.41. The molecule has 0 bridgehead atoms. The van der Waals surface area contributed by atoms with Crippen LogP contribution in [0.5, 0.6) is 0 Å². The summed E-state index contributed by atoms with van der Waals surface area (Å²) in [6, 6.07) is -0.475.